The average Bonchev–Trinajstić information content (AvgIpc) is 2.82. The van der Waals surface area contributed by atoms with Gasteiger partial charge in [0.2, 0.25) is 5.95 Å². The van der Waals surface area contributed by atoms with Crippen molar-refractivity contribution in [1.29, 1.82) is 0 Å². The molecule has 2 heterocycles. The number of halogens is 2. The van der Waals surface area contributed by atoms with Gasteiger partial charge in [0.15, 0.2) is 6.04 Å². The molecule has 1 aliphatic rings. The normalized spacial score (nSPS) is 21.0. The molecule has 2 unspecified atom stereocenters. The van der Waals surface area contributed by atoms with Crippen molar-refractivity contribution in [3.8, 4) is 0 Å². The molecule has 1 aromatic heterocycles. The van der Waals surface area contributed by atoms with Crippen LogP contribution < -0.4 is 5.73 Å². The summed E-state index contributed by atoms with van der Waals surface area (Å²) in [5.41, 5.74) is 6.44. The van der Waals surface area contributed by atoms with Crippen molar-refractivity contribution < 1.29 is 9.90 Å². The van der Waals surface area contributed by atoms with E-state index in [1.54, 1.807) is 12.1 Å². The Kier molecular flexibility index (Phi) is 3.51. The van der Waals surface area contributed by atoms with E-state index < -0.39 is 12.0 Å². The van der Waals surface area contributed by atoms with Crippen LogP contribution in [0.15, 0.2) is 18.2 Å². The van der Waals surface area contributed by atoms with Crippen LogP contribution in [0.3, 0.4) is 0 Å². The minimum Gasteiger partial charge on any atom is -0.480 e. The Morgan fingerprint density at radius 1 is 1.38 bits per heavy atom. The molecular weight excluding hydrogens is 315 g/mol. The van der Waals surface area contributed by atoms with Crippen molar-refractivity contribution in [3.05, 3.63) is 39.6 Å². The maximum absolute atomic E-state index is 11.3. The van der Waals surface area contributed by atoms with Gasteiger partial charge in [0.05, 0.1) is 10.0 Å². The van der Waals surface area contributed by atoms with E-state index in [2.05, 4.69) is 10.1 Å². The van der Waals surface area contributed by atoms with Crippen LogP contribution >= 0.6 is 23.2 Å². The molecule has 3 rings (SSSR count). The predicted molar refractivity (Wildman–Crippen MR) is 78.6 cm³/mol. The van der Waals surface area contributed by atoms with Crippen LogP contribution in [-0.2, 0) is 4.79 Å². The number of aliphatic carboxylic acids is 1. The number of nitrogens with zero attached hydrogens (tertiary/aromatic N) is 3. The lowest BCUT2D eigenvalue weighted by Crippen LogP contribution is -2.28. The van der Waals surface area contributed by atoms with Crippen molar-refractivity contribution in [2.24, 2.45) is 0 Å². The standard InChI is InChI=1S/C13H12Cl2N4O2/c14-8-3-1-2-6(10(8)15)7-4-5-9(12(20)21)19-11(7)17-13(16)18-19/h1-3,7,9H,4-5H2,(H2,16,18)(H,20,21). The number of fused-ring (bicyclic) bond motifs is 1. The molecule has 0 saturated heterocycles. The molecule has 1 aliphatic heterocycles. The minimum absolute atomic E-state index is 0.0568. The highest BCUT2D eigenvalue weighted by molar-refractivity contribution is 6.42. The van der Waals surface area contributed by atoms with Crippen LogP contribution in [0.2, 0.25) is 10.0 Å². The lowest BCUT2D eigenvalue weighted by molar-refractivity contribution is -0.141. The monoisotopic (exact) mass is 326 g/mol. The van der Waals surface area contributed by atoms with Crippen LogP contribution in [0.5, 0.6) is 0 Å². The second-order valence-corrected chi connectivity index (χ2v) is 5.68. The Bertz CT molecular complexity index is 716. The second-order valence-electron chi connectivity index (χ2n) is 4.90. The van der Waals surface area contributed by atoms with E-state index in [0.29, 0.717) is 28.7 Å². The van der Waals surface area contributed by atoms with Crippen molar-refractivity contribution in [1.82, 2.24) is 14.8 Å². The summed E-state index contributed by atoms with van der Waals surface area (Å²) in [7, 11) is 0. The van der Waals surface area contributed by atoms with E-state index in [1.807, 2.05) is 6.07 Å². The van der Waals surface area contributed by atoms with Gasteiger partial charge in [-0.05, 0) is 24.5 Å². The van der Waals surface area contributed by atoms with Gasteiger partial charge in [-0.25, -0.2) is 9.48 Å². The topological polar surface area (TPSA) is 94.0 Å². The Morgan fingerprint density at radius 2 is 2.14 bits per heavy atom. The molecule has 0 spiro atoms. The molecular formula is C13H12Cl2N4O2. The number of carboxylic acid groups (broad SMARTS) is 1. The average molecular weight is 327 g/mol. The van der Waals surface area contributed by atoms with Crippen LogP contribution in [-0.4, -0.2) is 25.8 Å². The highest BCUT2D eigenvalue weighted by atomic mass is 35.5. The first-order valence-corrected chi connectivity index (χ1v) is 7.13. The zero-order valence-electron chi connectivity index (χ0n) is 10.8. The maximum Gasteiger partial charge on any atom is 0.328 e. The summed E-state index contributed by atoms with van der Waals surface area (Å²) in [5.74, 6) is -0.551. The van der Waals surface area contributed by atoms with Crippen LogP contribution in [0, 0.1) is 0 Å². The number of carbonyl (C=O) groups is 1. The molecule has 1 aromatic carbocycles. The fraction of sp³-hybridized carbons (Fsp3) is 0.308. The van der Waals surface area contributed by atoms with Crippen molar-refractivity contribution >= 4 is 35.1 Å². The third-order valence-electron chi connectivity index (χ3n) is 3.65. The number of nitrogen functional groups attached to an aromatic ring is 1. The summed E-state index contributed by atoms with van der Waals surface area (Å²) in [4.78, 5) is 15.5. The van der Waals surface area contributed by atoms with E-state index in [0.717, 1.165) is 5.56 Å². The molecule has 6 nitrogen and oxygen atoms in total. The Hall–Kier alpha value is -1.79. The van der Waals surface area contributed by atoms with Gasteiger partial charge in [-0.15, -0.1) is 5.10 Å². The number of rotatable bonds is 2. The molecule has 110 valence electrons. The number of hydrogen-bond donors (Lipinski definition) is 2. The van der Waals surface area contributed by atoms with Gasteiger partial charge >= 0.3 is 5.97 Å². The van der Waals surface area contributed by atoms with Crippen LogP contribution in [0.1, 0.15) is 36.2 Å². The molecule has 0 saturated carbocycles. The number of benzene rings is 1. The molecule has 2 aromatic rings. The molecule has 0 amide bonds. The van der Waals surface area contributed by atoms with Crippen LogP contribution in [0.25, 0.3) is 0 Å². The summed E-state index contributed by atoms with van der Waals surface area (Å²) in [6.07, 6.45) is 1.02. The van der Waals surface area contributed by atoms with Crippen molar-refractivity contribution in [2.75, 3.05) is 5.73 Å². The molecule has 8 heteroatoms. The first kappa shape index (κ1) is 14.2. The molecule has 0 radical (unpaired) electrons. The highest BCUT2D eigenvalue weighted by Crippen LogP contribution is 2.41. The van der Waals surface area contributed by atoms with E-state index in [9.17, 15) is 9.90 Å². The second kappa shape index (κ2) is 5.20. The smallest absolute Gasteiger partial charge is 0.328 e. The summed E-state index contributed by atoms with van der Waals surface area (Å²) < 4.78 is 1.38. The Labute approximate surface area is 130 Å². The lowest BCUT2D eigenvalue weighted by Gasteiger charge is -2.27. The van der Waals surface area contributed by atoms with Gasteiger partial charge in [-0.2, -0.15) is 4.98 Å². The molecule has 0 bridgehead atoms. The molecule has 0 aliphatic carbocycles. The van der Waals surface area contributed by atoms with E-state index in [4.69, 9.17) is 28.9 Å². The molecule has 21 heavy (non-hydrogen) atoms. The minimum atomic E-state index is -0.947. The molecule has 0 fully saturated rings. The van der Waals surface area contributed by atoms with Crippen molar-refractivity contribution in [2.45, 2.75) is 24.8 Å². The fourth-order valence-corrected chi connectivity index (χ4v) is 3.15. The zero-order valence-corrected chi connectivity index (χ0v) is 12.3. The third kappa shape index (κ3) is 2.34. The molecule has 2 atom stereocenters. The number of aromatic nitrogens is 3. The van der Waals surface area contributed by atoms with Crippen LogP contribution in [0.4, 0.5) is 5.95 Å². The number of nitrogens with two attached hydrogens (primary N) is 1. The highest BCUT2D eigenvalue weighted by Gasteiger charge is 2.35. The third-order valence-corrected chi connectivity index (χ3v) is 4.49. The van der Waals surface area contributed by atoms with Gasteiger partial charge in [-0.3, -0.25) is 0 Å². The van der Waals surface area contributed by atoms with E-state index in [-0.39, 0.29) is 11.9 Å². The van der Waals surface area contributed by atoms with Crippen molar-refractivity contribution in [3.63, 3.8) is 0 Å². The summed E-state index contributed by atoms with van der Waals surface area (Å²) in [5, 5.41) is 14.2. The van der Waals surface area contributed by atoms with Gasteiger partial charge in [0.1, 0.15) is 5.82 Å². The number of hydrogen-bond acceptors (Lipinski definition) is 4. The fourth-order valence-electron chi connectivity index (χ4n) is 2.71. The molecule has 3 N–H and O–H groups in total. The lowest BCUT2D eigenvalue weighted by atomic mass is 9.88. The first-order valence-electron chi connectivity index (χ1n) is 6.37. The SMILES string of the molecule is Nc1nc2n(n1)C(C(=O)O)CCC2c1cccc(Cl)c1Cl. The largest absolute Gasteiger partial charge is 0.480 e. The first-order chi connectivity index (χ1) is 9.99. The maximum atomic E-state index is 11.3. The van der Waals surface area contributed by atoms with E-state index >= 15 is 0 Å². The summed E-state index contributed by atoms with van der Waals surface area (Å²) in [6, 6.07) is 4.61. The summed E-state index contributed by atoms with van der Waals surface area (Å²) in [6.45, 7) is 0. The Balaban J connectivity index is 2.11. The zero-order chi connectivity index (χ0) is 15.1. The predicted octanol–water partition coefficient (Wildman–Crippen LogP) is 2.72. The van der Waals surface area contributed by atoms with Gasteiger partial charge in [0, 0.05) is 5.92 Å². The van der Waals surface area contributed by atoms with Gasteiger partial charge in [0.25, 0.3) is 0 Å². The number of anilines is 1. The van der Waals surface area contributed by atoms with Gasteiger partial charge < -0.3 is 10.8 Å². The summed E-state index contributed by atoms with van der Waals surface area (Å²) >= 11 is 12.3. The quantitative estimate of drug-likeness (QED) is 0.884. The number of carboxylic acids is 1. The Morgan fingerprint density at radius 3 is 2.86 bits per heavy atom. The van der Waals surface area contributed by atoms with E-state index in [1.165, 1.54) is 4.68 Å². The van der Waals surface area contributed by atoms with Gasteiger partial charge in [-0.1, -0.05) is 35.3 Å².